The second-order valence-electron chi connectivity index (χ2n) is 6.13. The first-order valence-corrected chi connectivity index (χ1v) is 8.99. The van der Waals surface area contributed by atoms with Gasteiger partial charge in [0.2, 0.25) is 5.89 Å². The average Bonchev–Trinajstić information content (AvgIpc) is 2.83. The summed E-state index contributed by atoms with van der Waals surface area (Å²) in [5.74, 6) is 3.80. The normalized spacial score (nSPS) is 14.0. The van der Waals surface area contributed by atoms with Crippen LogP contribution < -0.4 is 20.1 Å². The number of rotatable bonds is 5. The SMILES string of the molecule is CCNC(=NCc1ccc2c(c1)OCCCO2)NCc1nc(C)c(C)o1. The van der Waals surface area contributed by atoms with E-state index in [0.29, 0.717) is 38.2 Å². The Kier molecular flexibility index (Phi) is 5.99. The van der Waals surface area contributed by atoms with E-state index in [1.165, 1.54) is 0 Å². The summed E-state index contributed by atoms with van der Waals surface area (Å²) in [6, 6.07) is 5.96. The molecular formula is C19H26N4O3. The zero-order chi connectivity index (χ0) is 18.4. The lowest BCUT2D eigenvalue weighted by molar-refractivity contribution is 0.297. The van der Waals surface area contributed by atoms with Crippen molar-refractivity contribution in [2.45, 2.75) is 40.3 Å². The van der Waals surface area contributed by atoms with Gasteiger partial charge < -0.3 is 24.5 Å². The molecule has 140 valence electrons. The van der Waals surface area contributed by atoms with Crippen molar-refractivity contribution in [1.29, 1.82) is 0 Å². The first-order chi connectivity index (χ1) is 12.7. The Balaban J connectivity index is 1.64. The molecule has 0 spiro atoms. The quantitative estimate of drug-likeness (QED) is 0.632. The van der Waals surface area contributed by atoms with Crippen molar-refractivity contribution < 1.29 is 13.9 Å². The fourth-order valence-electron chi connectivity index (χ4n) is 2.59. The van der Waals surface area contributed by atoms with E-state index < -0.39 is 0 Å². The van der Waals surface area contributed by atoms with Gasteiger partial charge in [-0.25, -0.2) is 9.98 Å². The maximum Gasteiger partial charge on any atom is 0.214 e. The molecule has 26 heavy (non-hydrogen) atoms. The van der Waals surface area contributed by atoms with Gasteiger partial charge in [-0.05, 0) is 38.5 Å². The molecule has 1 aliphatic heterocycles. The molecule has 0 saturated heterocycles. The van der Waals surface area contributed by atoms with Gasteiger partial charge in [0.25, 0.3) is 0 Å². The molecule has 3 rings (SSSR count). The topological polar surface area (TPSA) is 80.9 Å². The minimum absolute atomic E-state index is 0.488. The van der Waals surface area contributed by atoms with Gasteiger partial charge in [-0.1, -0.05) is 6.07 Å². The van der Waals surface area contributed by atoms with E-state index >= 15 is 0 Å². The van der Waals surface area contributed by atoms with Gasteiger partial charge >= 0.3 is 0 Å². The number of aryl methyl sites for hydroxylation is 2. The third-order valence-corrected chi connectivity index (χ3v) is 4.06. The molecule has 1 aliphatic rings. The van der Waals surface area contributed by atoms with Crippen molar-refractivity contribution in [2.75, 3.05) is 19.8 Å². The van der Waals surface area contributed by atoms with Crippen molar-refractivity contribution in [3.05, 3.63) is 41.1 Å². The molecule has 2 N–H and O–H groups in total. The molecule has 0 fully saturated rings. The van der Waals surface area contributed by atoms with E-state index in [0.717, 1.165) is 41.5 Å². The van der Waals surface area contributed by atoms with Crippen LogP contribution in [0.2, 0.25) is 0 Å². The van der Waals surface area contributed by atoms with Crippen molar-refractivity contribution in [3.8, 4) is 11.5 Å². The van der Waals surface area contributed by atoms with Gasteiger partial charge in [-0.3, -0.25) is 0 Å². The molecule has 7 heteroatoms. The molecule has 1 aromatic carbocycles. The summed E-state index contributed by atoms with van der Waals surface area (Å²) in [4.78, 5) is 9.00. The summed E-state index contributed by atoms with van der Waals surface area (Å²) < 4.78 is 17.0. The Bertz CT molecular complexity index is 751. The highest BCUT2D eigenvalue weighted by Crippen LogP contribution is 2.30. The lowest BCUT2D eigenvalue weighted by Crippen LogP contribution is -2.36. The second kappa shape index (κ2) is 8.60. The zero-order valence-corrected chi connectivity index (χ0v) is 15.6. The molecule has 2 aromatic rings. The molecule has 7 nitrogen and oxygen atoms in total. The Morgan fingerprint density at radius 3 is 2.69 bits per heavy atom. The first-order valence-electron chi connectivity index (χ1n) is 8.99. The highest BCUT2D eigenvalue weighted by molar-refractivity contribution is 5.79. The third-order valence-electron chi connectivity index (χ3n) is 4.06. The highest BCUT2D eigenvalue weighted by atomic mass is 16.5. The summed E-state index contributed by atoms with van der Waals surface area (Å²) in [6.45, 7) is 9.05. The highest BCUT2D eigenvalue weighted by Gasteiger charge is 2.11. The van der Waals surface area contributed by atoms with Gasteiger partial charge in [0, 0.05) is 13.0 Å². The minimum atomic E-state index is 0.488. The van der Waals surface area contributed by atoms with E-state index in [4.69, 9.17) is 13.9 Å². The zero-order valence-electron chi connectivity index (χ0n) is 15.6. The lowest BCUT2D eigenvalue weighted by atomic mass is 10.2. The van der Waals surface area contributed by atoms with E-state index in [-0.39, 0.29) is 0 Å². The van der Waals surface area contributed by atoms with Crippen molar-refractivity contribution in [3.63, 3.8) is 0 Å². The number of guanidine groups is 1. The standard InChI is InChI=1S/C19H26N4O3/c1-4-20-19(22-12-18-23-13(2)14(3)26-18)21-11-15-6-7-16-17(10-15)25-9-5-8-24-16/h6-7,10H,4-5,8-9,11-12H2,1-3H3,(H2,20,21,22). The minimum Gasteiger partial charge on any atom is -0.490 e. The summed E-state index contributed by atoms with van der Waals surface area (Å²) >= 11 is 0. The molecule has 2 heterocycles. The molecule has 0 amide bonds. The Morgan fingerprint density at radius 1 is 1.15 bits per heavy atom. The van der Waals surface area contributed by atoms with Gasteiger partial charge in [-0.15, -0.1) is 0 Å². The number of ether oxygens (including phenoxy) is 2. The molecule has 0 atom stereocenters. The molecule has 0 radical (unpaired) electrons. The second-order valence-corrected chi connectivity index (χ2v) is 6.13. The number of hydrogen-bond acceptors (Lipinski definition) is 5. The van der Waals surface area contributed by atoms with Gasteiger partial charge in [0.05, 0.1) is 32.0 Å². The van der Waals surface area contributed by atoms with E-state index in [1.807, 2.05) is 39.0 Å². The molecule has 0 aliphatic carbocycles. The Hall–Kier alpha value is -2.70. The number of nitrogens with zero attached hydrogens (tertiary/aromatic N) is 2. The summed E-state index contributed by atoms with van der Waals surface area (Å²) in [5, 5.41) is 6.48. The molecule has 1 aromatic heterocycles. The van der Waals surface area contributed by atoms with Crippen LogP contribution in [0.5, 0.6) is 11.5 Å². The molecular weight excluding hydrogens is 332 g/mol. The number of aliphatic imine (C=N–C) groups is 1. The first kappa shape index (κ1) is 18.1. The summed E-state index contributed by atoms with van der Waals surface area (Å²) in [6.07, 6.45) is 0.899. The van der Waals surface area contributed by atoms with Crippen molar-refractivity contribution in [2.24, 2.45) is 4.99 Å². The van der Waals surface area contributed by atoms with Crippen LogP contribution in [-0.2, 0) is 13.1 Å². The Morgan fingerprint density at radius 2 is 1.96 bits per heavy atom. The van der Waals surface area contributed by atoms with Crippen LogP contribution in [0.15, 0.2) is 27.6 Å². The van der Waals surface area contributed by atoms with Gasteiger partial charge in [0.1, 0.15) is 5.76 Å². The smallest absolute Gasteiger partial charge is 0.214 e. The van der Waals surface area contributed by atoms with E-state index in [2.05, 4.69) is 20.6 Å². The predicted octanol–water partition coefficient (Wildman–Crippen LogP) is 2.71. The number of aromatic nitrogens is 1. The van der Waals surface area contributed by atoms with Crippen LogP contribution >= 0.6 is 0 Å². The maximum atomic E-state index is 5.74. The number of benzene rings is 1. The van der Waals surface area contributed by atoms with E-state index in [1.54, 1.807) is 0 Å². The number of fused-ring (bicyclic) bond motifs is 1. The van der Waals surface area contributed by atoms with Crippen LogP contribution in [0.4, 0.5) is 0 Å². The monoisotopic (exact) mass is 358 g/mol. The molecule has 0 bridgehead atoms. The summed E-state index contributed by atoms with van der Waals surface area (Å²) in [7, 11) is 0. The predicted molar refractivity (Wildman–Crippen MR) is 99.7 cm³/mol. The molecule has 0 unspecified atom stereocenters. The number of oxazole rings is 1. The fraction of sp³-hybridized carbons (Fsp3) is 0.474. The van der Waals surface area contributed by atoms with Gasteiger partial charge in [0.15, 0.2) is 17.5 Å². The van der Waals surface area contributed by atoms with Crippen LogP contribution in [0.3, 0.4) is 0 Å². The van der Waals surface area contributed by atoms with E-state index in [9.17, 15) is 0 Å². The fourth-order valence-corrected chi connectivity index (χ4v) is 2.59. The number of nitrogens with one attached hydrogen (secondary N) is 2. The van der Waals surface area contributed by atoms with Crippen LogP contribution in [-0.4, -0.2) is 30.7 Å². The third kappa shape index (κ3) is 4.68. The van der Waals surface area contributed by atoms with Crippen molar-refractivity contribution in [1.82, 2.24) is 15.6 Å². The molecule has 0 saturated carbocycles. The van der Waals surface area contributed by atoms with Crippen LogP contribution in [0, 0.1) is 13.8 Å². The number of hydrogen-bond donors (Lipinski definition) is 2. The van der Waals surface area contributed by atoms with Crippen molar-refractivity contribution >= 4 is 5.96 Å². The Labute approximate surface area is 153 Å². The largest absolute Gasteiger partial charge is 0.490 e. The average molecular weight is 358 g/mol. The summed E-state index contributed by atoms with van der Waals surface area (Å²) in [5.41, 5.74) is 1.98. The van der Waals surface area contributed by atoms with Crippen LogP contribution in [0.25, 0.3) is 0 Å². The lowest BCUT2D eigenvalue weighted by Gasteiger charge is -2.11. The van der Waals surface area contributed by atoms with Gasteiger partial charge in [-0.2, -0.15) is 0 Å². The van der Waals surface area contributed by atoms with Crippen LogP contribution in [0.1, 0.15) is 36.3 Å². The maximum absolute atomic E-state index is 5.74.